The summed E-state index contributed by atoms with van der Waals surface area (Å²) in [6.45, 7) is 0. The highest BCUT2D eigenvalue weighted by molar-refractivity contribution is 5.45. The molecule has 0 saturated heterocycles. The Bertz CT molecular complexity index is 476. The van der Waals surface area contributed by atoms with Crippen molar-refractivity contribution < 1.29 is 0 Å². The predicted octanol–water partition coefficient (Wildman–Crippen LogP) is 1.33. The summed E-state index contributed by atoms with van der Waals surface area (Å²) >= 11 is 0. The van der Waals surface area contributed by atoms with E-state index in [1.165, 1.54) is 6.20 Å². The molecule has 0 radical (unpaired) electrons. The van der Waals surface area contributed by atoms with Crippen molar-refractivity contribution in [2.45, 2.75) is 0 Å². The third kappa shape index (κ3) is 1.43. The Morgan fingerprint density at radius 2 is 2.00 bits per heavy atom. The molecule has 0 fully saturated rings. The summed E-state index contributed by atoms with van der Waals surface area (Å²) < 4.78 is 1.64. The molecule has 2 rings (SSSR count). The van der Waals surface area contributed by atoms with Crippen molar-refractivity contribution in [3.63, 3.8) is 0 Å². The number of nitrogens with two attached hydrogens (primary N) is 1. The van der Waals surface area contributed by atoms with E-state index in [9.17, 15) is 0 Å². The molecule has 14 heavy (non-hydrogen) atoms. The SMILES string of the molecule is N#Cc1cnn(-c2ccc(N)cc2)c1. The van der Waals surface area contributed by atoms with Gasteiger partial charge in [0.15, 0.2) is 0 Å². The van der Waals surface area contributed by atoms with Crippen LogP contribution in [0.2, 0.25) is 0 Å². The molecular formula is C10H8N4. The number of benzene rings is 1. The Morgan fingerprint density at radius 3 is 2.57 bits per heavy atom. The molecule has 0 saturated carbocycles. The lowest BCUT2D eigenvalue weighted by Gasteiger charge is -2.00. The molecular weight excluding hydrogens is 176 g/mol. The maximum atomic E-state index is 8.62. The maximum absolute atomic E-state index is 8.62. The van der Waals surface area contributed by atoms with Gasteiger partial charge >= 0.3 is 0 Å². The van der Waals surface area contributed by atoms with Gasteiger partial charge in [0.1, 0.15) is 6.07 Å². The van der Waals surface area contributed by atoms with Crippen LogP contribution in [-0.2, 0) is 0 Å². The number of nitrogens with zero attached hydrogens (tertiary/aromatic N) is 3. The van der Waals surface area contributed by atoms with Crippen LogP contribution in [-0.4, -0.2) is 9.78 Å². The van der Waals surface area contributed by atoms with E-state index >= 15 is 0 Å². The molecule has 1 heterocycles. The molecule has 68 valence electrons. The highest BCUT2D eigenvalue weighted by Gasteiger charge is 1.98. The second-order valence-corrected chi connectivity index (χ2v) is 2.88. The number of rotatable bonds is 1. The van der Waals surface area contributed by atoms with E-state index in [0.29, 0.717) is 11.3 Å². The molecule has 0 spiro atoms. The standard InChI is InChI=1S/C10H8N4/c11-5-8-6-13-14(7-8)10-3-1-9(12)2-4-10/h1-4,6-7H,12H2. The van der Waals surface area contributed by atoms with Crippen molar-refractivity contribution in [2.24, 2.45) is 0 Å². The fraction of sp³-hybridized carbons (Fsp3) is 0. The first-order chi connectivity index (χ1) is 6.79. The van der Waals surface area contributed by atoms with Crippen LogP contribution in [0.25, 0.3) is 5.69 Å². The fourth-order valence-electron chi connectivity index (χ4n) is 1.15. The van der Waals surface area contributed by atoms with Crippen LogP contribution < -0.4 is 5.73 Å². The van der Waals surface area contributed by atoms with E-state index in [0.717, 1.165) is 5.69 Å². The highest BCUT2D eigenvalue weighted by Crippen LogP contribution is 2.10. The molecule has 2 aromatic rings. The Balaban J connectivity index is 2.40. The van der Waals surface area contributed by atoms with Gasteiger partial charge in [-0.1, -0.05) is 0 Å². The smallest absolute Gasteiger partial charge is 0.102 e. The van der Waals surface area contributed by atoms with Gasteiger partial charge in [-0.15, -0.1) is 0 Å². The Morgan fingerprint density at radius 1 is 1.29 bits per heavy atom. The van der Waals surface area contributed by atoms with Gasteiger partial charge in [0.25, 0.3) is 0 Å². The van der Waals surface area contributed by atoms with Crippen LogP contribution in [0.3, 0.4) is 0 Å². The van der Waals surface area contributed by atoms with Crippen molar-refractivity contribution in [1.82, 2.24) is 9.78 Å². The number of aromatic nitrogens is 2. The molecule has 0 bridgehead atoms. The Labute approximate surface area is 81.2 Å². The van der Waals surface area contributed by atoms with Gasteiger partial charge in [-0.25, -0.2) is 4.68 Å². The van der Waals surface area contributed by atoms with E-state index in [2.05, 4.69) is 5.10 Å². The number of hydrogen-bond acceptors (Lipinski definition) is 3. The molecule has 0 unspecified atom stereocenters. The number of anilines is 1. The first-order valence-electron chi connectivity index (χ1n) is 4.10. The Hall–Kier alpha value is -2.28. The lowest BCUT2D eigenvalue weighted by molar-refractivity contribution is 0.881. The van der Waals surface area contributed by atoms with Crippen LogP contribution in [0, 0.1) is 11.3 Å². The van der Waals surface area contributed by atoms with Gasteiger partial charge < -0.3 is 5.73 Å². The zero-order chi connectivity index (χ0) is 9.97. The summed E-state index contributed by atoms with van der Waals surface area (Å²) in [6, 6.07) is 9.31. The third-order valence-electron chi connectivity index (χ3n) is 1.87. The van der Waals surface area contributed by atoms with Gasteiger partial charge in [0.2, 0.25) is 0 Å². The summed E-state index contributed by atoms with van der Waals surface area (Å²) in [4.78, 5) is 0. The average Bonchev–Trinajstić information content (AvgIpc) is 2.67. The third-order valence-corrected chi connectivity index (χ3v) is 1.87. The number of hydrogen-bond donors (Lipinski definition) is 1. The van der Waals surface area contributed by atoms with E-state index in [4.69, 9.17) is 11.0 Å². The molecule has 4 nitrogen and oxygen atoms in total. The van der Waals surface area contributed by atoms with Gasteiger partial charge in [-0.3, -0.25) is 0 Å². The largest absolute Gasteiger partial charge is 0.399 e. The normalized spacial score (nSPS) is 9.64. The fourth-order valence-corrected chi connectivity index (χ4v) is 1.15. The molecule has 2 N–H and O–H groups in total. The summed E-state index contributed by atoms with van der Waals surface area (Å²) in [7, 11) is 0. The molecule has 0 aliphatic rings. The first kappa shape index (κ1) is 8.32. The van der Waals surface area contributed by atoms with E-state index in [1.807, 2.05) is 18.2 Å². The molecule has 0 aliphatic heterocycles. The van der Waals surface area contributed by atoms with Crippen molar-refractivity contribution in [3.05, 3.63) is 42.2 Å². The van der Waals surface area contributed by atoms with Crippen LogP contribution in [0.4, 0.5) is 5.69 Å². The lowest BCUT2D eigenvalue weighted by Crippen LogP contribution is -1.94. The van der Waals surface area contributed by atoms with Crippen LogP contribution >= 0.6 is 0 Å². The van der Waals surface area contributed by atoms with Crippen molar-refractivity contribution >= 4 is 5.69 Å². The molecule has 0 amide bonds. The molecule has 1 aromatic heterocycles. The van der Waals surface area contributed by atoms with Gasteiger partial charge in [-0.05, 0) is 24.3 Å². The molecule has 0 aliphatic carbocycles. The number of nitriles is 1. The quantitative estimate of drug-likeness (QED) is 0.680. The van der Waals surface area contributed by atoms with Crippen LogP contribution in [0.1, 0.15) is 5.56 Å². The highest BCUT2D eigenvalue weighted by atomic mass is 15.3. The summed E-state index contributed by atoms with van der Waals surface area (Å²) in [5.74, 6) is 0. The zero-order valence-electron chi connectivity index (χ0n) is 7.38. The van der Waals surface area contributed by atoms with E-state index in [-0.39, 0.29) is 0 Å². The molecule has 1 aromatic carbocycles. The van der Waals surface area contributed by atoms with E-state index in [1.54, 1.807) is 23.0 Å². The van der Waals surface area contributed by atoms with Crippen molar-refractivity contribution in [2.75, 3.05) is 5.73 Å². The predicted molar refractivity (Wildman–Crippen MR) is 52.7 cm³/mol. The minimum absolute atomic E-state index is 0.543. The second-order valence-electron chi connectivity index (χ2n) is 2.88. The minimum atomic E-state index is 0.543. The Kier molecular flexibility index (Phi) is 1.92. The van der Waals surface area contributed by atoms with Gasteiger partial charge in [0, 0.05) is 11.9 Å². The van der Waals surface area contributed by atoms with Crippen molar-refractivity contribution in [3.8, 4) is 11.8 Å². The van der Waals surface area contributed by atoms with Gasteiger partial charge in [-0.2, -0.15) is 10.4 Å². The number of nitrogen functional groups attached to an aromatic ring is 1. The average molecular weight is 184 g/mol. The first-order valence-corrected chi connectivity index (χ1v) is 4.10. The van der Waals surface area contributed by atoms with E-state index < -0.39 is 0 Å². The molecule has 4 heteroatoms. The topological polar surface area (TPSA) is 67.6 Å². The monoisotopic (exact) mass is 184 g/mol. The maximum Gasteiger partial charge on any atom is 0.102 e. The lowest BCUT2D eigenvalue weighted by atomic mass is 10.3. The summed E-state index contributed by atoms with van der Waals surface area (Å²) in [5, 5.41) is 12.7. The van der Waals surface area contributed by atoms with Gasteiger partial charge in [0.05, 0.1) is 17.4 Å². The molecule has 0 atom stereocenters. The summed E-state index contributed by atoms with van der Waals surface area (Å²) in [6.07, 6.45) is 3.20. The van der Waals surface area contributed by atoms with Crippen LogP contribution in [0.5, 0.6) is 0 Å². The van der Waals surface area contributed by atoms with Crippen molar-refractivity contribution in [1.29, 1.82) is 5.26 Å². The summed E-state index contributed by atoms with van der Waals surface area (Å²) in [5.41, 5.74) is 7.70. The minimum Gasteiger partial charge on any atom is -0.399 e. The van der Waals surface area contributed by atoms with Crippen LogP contribution in [0.15, 0.2) is 36.7 Å². The zero-order valence-corrected chi connectivity index (χ0v) is 7.38. The second kappa shape index (κ2) is 3.23.